The molecule has 0 aromatic heterocycles. The van der Waals surface area contributed by atoms with Crippen LogP contribution < -0.4 is 0 Å². The van der Waals surface area contributed by atoms with Crippen LogP contribution in [0.15, 0.2) is 12.7 Å². The molecule has 0 saturated carbocycles. The first-order valence-electron chi connectivity index (χ1n) is 11.7. The Hall–Kier alpha value is -0.0826. The summed E-state index contributed by atoms with van der Waals surface area (Å²) in [5.41, 5.74) is 0. The number of unbranched alkanes of at least 4 members (excludes halogenated alkanes) is 2. The van der Waals surface area contributed by atoms with Crippen molar-refractivity contribution >= 4 is 32.7 Å². The van der Waals surface area contributed by atoms with E-state index in [0.717, 1.165) is 57.4 Å². The molecule has 180 valence electrons. The predicted molar refractivity (Wildman–Crippen MR) is 129 cm³/mol. The minimum absolute atomic E-state index is 0. The van der Waals surface area contributed by atoms with Crippen molar-refractivity contribution < 1.29 is 27.7 Å². The minimum atomic E-state index is -3.91. The first kappa shape index (κ1) is 33.1. The number of hydrogen-bond donors (Lipinski definition) is 0. The van der Waals surface area contributed by atoms with Crippen molar-refractivity contribution in [3.63, 3.8) is 0 Å². The Balaban J connectivity index is 0. The standard InChI is InChI=1S/C23H45O6P.Li.H/c1-8-13-15-20(10-3)17-26-30(25,27-18-21(11-4)16-14-9-2)29-23(19(6)7)28-22(24)12-5;;/h12,19-21,23H,5,8-11,13-18H2,1-4,6-7H3;;. The molecule has 31 heavy (non-hydrogen) atoms. The van der Waals surface area contributed by atoms with Crippen molar-refractivity contribution in [1.29, 1.82) is 0 Å². The SMILES string of the molecule is C=CC(=O)OC(OP(=O)(OCC(CC)CCCC)OCC(CC)CCCC)C(C)C.[LiH]. The van der Waals surface area contributed by atoms with Gasteiger partial charge in [-0.05, 0) is 24.7 Å². The number of hydrogen-bond acceptors (Lipinski definition) is 6. The normalized spacial score (nSPS) is 16.1. The van der Waals surface area contributed by atoms with Gasteiger partial charge in [-0.1, -0.05) is 86.6 Å². The summed E-state index contributed by atoms with van der Waals surface area (Å²) in [4.78, 5) is 11.7. The van der Waals surface area contributed by atoms with Crippen molar-refractivity contribution in [2.75, 3.05) is 13.2 Å². The molecule has 8 heteroatoms. The topological polar surface area (TPSA) is 71.1 Å². The van der Waals surface area contributed by atoms with Crippen LogP contribution in [0.1, 0.15) is 92.9 Å². The molecule has 3 atom stereocenters. The molecule has 0 aliphatic rings. The molecule has 0 N–H and O–H groups in total. The Morgan fingerprint density at radius 1 is 0.935 bits per heavy atom. The van der Waals surface area contributed by atoms with E-state index in [0.29, 0.717) is 13.2 Å². The predicted octanol–water partition coefficient (Wildman–Crippen LogP) is 6.64. The number of phosphoric ester groups is 1. The maximum absolute atomic E-state index is 13.5. The average molecular weight is 457 g/mol. The van der Waals surface area contributed by atoms with Gasteiger partial charge in [-0.2, -0.15) is 0 Å². The number of ether oxygens (including phenoxy) is 1. The third kappa shape index (κ3) is 15.4. The number of carbonyl (C=O) groups excluding carboxylic acids is 1. The van der Waals surface area contributed by atoms with Gasteiger partial charge in [0.05, 0.1) is 13.2 Å². The van der Waals surface area contributed by atoms with Gasteiger partial charge in [0.15, 0.2) is 0 Å². The van der Waals surface area contributed by atoms with E-state index < -0.39 is 20.1 Å². The maximum atomic E-state index is 13.5. The van der Waals surface area contributed by atoms with Crippen LogP contribution in [-0.2, 0) is 27.7 Å². The molecule has 0 heterocycles. The van der Waals surface area contributed by atoms with Gasteiger partial charge in [0, 0.05) is 12.0 Å². The Labute approximate surface area is 203 Å². The van der Waals surface area contributed by atoms with Crippen LogP contribution in [0, 0.1) is 17.8 Å². The van der Waals surface area contributed by atoms with Crippen LogP contribution >= 0.6 is 7.82 Å². The Morgan fingerprint density at radius 2 is 1.39 bits per heavy atom. The van der Waals surface area contributed by atoms with E-state index >= 15 is 0 Å². The third-order valence-electron chi connectivity index (χ3n) is 5.20. The molecule has 0 saturated heterocycles. The molecular weight excluding hydrogens is 410 g/mol. The molecule has 0 aliphatic heterocycles. The monoisotopic (exact) mass is 456 g/mol. The van der Waals surface area contributed by atoms with E-state index in [2.05, 4.69) is 34.3 Å². The van der Waals surface area contributed by atoms with Crippen molar-refractivity contribution in [1.82, 2.24) is 0 Å². The Morgan fingerprint density at radius 3 is 1.71 bits per heavy atom. The second-order valence-corrected chi connectivity index (χ2v) is 9.85. The van der Waals surface area contributed by atoms with E-state index in [1.165, 1.54) is 0 Å². The molecule has 0 bridgehead atoms. The molecule has 0 aromatic carbocycles. The molecule has 6 nitrogen and oxygen atoms in total. The average Bonchev–Trinajstić information content (AvgIpc) is 2.73. The molecule has 0 radical (unpaired) electrons. The number of phosphoric acid groups is 1. The van der Waals surface area contributed by atoms with E-state index in [9.17, 15) is 9.36 Å². The van der Waals surface area contributed by atoms with Crippen LogP contribution in [0.2, 0.25) is 0 Å². The first-order chi connectivity index (χ1) is 14.2. The summed E-state index contributed by atoms with van der Waals surface area (Å²) in [5, 5.41) is 0. The van der Waals surface area contributed by atoms with Gasteiger partial charge in [-0.25, -0.2) is 13.9 Å². The zero-order valence-corrected chi connectivity index (χ0v) is 21.0. The van der Waals surface area contributed by atoms with Gasteiger partial charge in [0.25, 0.3) is 0 Å². The third-order valence-corrected chi connectivity index (χ3v) is 6.60. The second-order valence-electron chi connectivity index (χ2n) is 8.23. The van der Waals surface area contributed by atoms with Gasteiger partial charge in [-0.15, -0.1) is 0 Å². The molecule has 0 aromatic rings. The number of carbonyl (C=O) groups is 1. The van der Waals surface area contributed by atoms with E-state index in [1.54, 1.807) is 0 Å². The summed E-state index contributed by atoms with van der Waals surface area (Å²) >= 11 is 0. The summed E-state index contributed by atoms with van der Waals surface area (Å²) in [6.07, 6.45) is 8.26. The van der Waals surface area contributed by atoms with Gasteiger partial charge in [0.1, 0.15) is 0 Å². The summed E-state index contributed by atoms with van der Waals surface area (Å²) in [7, 11) is -3.91. The zero-order chi connectivity index (χ0) is 23.0. The van der Waals surface area contributed by atoms with Crippen molar-refractivity contribution in [2.24, 2.45) is 17.8 Å². The summed E-state index contributed by atoms with van der Waals surface area (Å²) in [5.74, 6) is -0.302. The van der Waals surface area contributed by atoms with Crippen LogP contribution in [0.4, 0.5) is 0 Å². The summed E-state index contributed by atoms with van der Waals surface area (Å²) in [6, 6.07) is 0. The van der Waals surface area contributed by atoms with Crippen LogP contribution in [0.5, 0.6) is 0 Å². The fourth-order valence-corrected chi connectivity index (χ4v) is 4.38. The quantitative estimate of drug-likeness (QED) is 0.0713. The Bertz CT molecular complexity index is 490. The fraction of sp³-hybridized carbons (Fsp3) is 0.870. The fourth-order valence-electron chi connectivity index (χ4n) is 2.86. The molecule has 0 amide bonds. The molecular formula is C23H46LiO6P. The van der Waals surface area contributed by atoms with Crippen LogP contribution in [-0.4, -0.2) is 44.3 Å². The molecule has 0 spiro atoms. The first-order valence-corrected chi connectivity index (χ1v) is 13.1. The van der Waals surface area contributed by atoms with Gasteiger partial charge in [-0.3, -0.25) is 9.05 Å². The van der Waals surface area contributed by atoms with Gasteiger partial charge in [0.2, 0.25) is 6.29 Å². The summed E-state index contributed by atoms with van der Waals surface area (Å²) in [6.45, 7) is 16.1. The van der Waals surface area contributed by atoms with E-state index in [-0.39, 0.29) is 36.6 Å². The van der Waals surface area contributed by atoms with Crippen molar-refractivity contribution in [3.05, 3.63) is 12.7 Å². The number of rotatable bonds is 19. The van der Waals surface area contributed by atoms with E-state index in [4.69, 9.17) is 18.3 Å². The number of esters is 1. The molecule has 0 rings (SSSR count). The van der Waals surface area contributed by atoms with Gasteiger partial charge < -0.3 is 4.74 Å². The van der Waals surface area contributed by atoms with Gasteiger partial charge >= 0.3 is 32.7 Å². The molecule has 3 unspecified atom stereocenters. The van der Waals surface area contributed by atoms with E-state index in [1.807, 2.05) is 13.8 Å². The van der Waals surface area contributed by atoms with Crippen molar-refractivity contribution in [3.8, 4) is 0 Å². The second kappa shape index (κ2) is 19.4. The zero-order valence-electron chi connectivity index (χ0n) is 20.1. The van der Waals surface area contributed by atoms with Crippen LogP contribution in [0.25, 0.3) is 0 Å². The summed E-state index contributed by atoms with van der Waals surface area (Å²) < 4.78 is 36.0. The van der Waals surface area contributed by atoms with Crippen molar-refractivity contribution in [2.45, 2.75) is 99.2 Å². The Kier molecular flexibility index (Phi) is 20.7. The van der Waals surface area contributed by atoms with Crippen LogP contribution in [0.3, 0.4) is 0 Å². The molecule has 0 aliphatic carbocycles. The molecule has 0 fully saturated rings.